The number of hydrogen-bond donors (Lipinski definition) is 0. The van der Waals surface area contributed by atoms with Crippen molar-refractivity contribution in [2.75, 3.05) is 7.11 Å². The third kappa shape index (κ3) is 1.71. The van der Waals surface area contributed by atoms with Crippen LogP contribution < -0.4 is 4.74 Å². The normalized spacial score (nSPS) is 10.4. The second-order valence-electron chi connectivity index (χ2n) is 3.07. The Labute approximate surface area is 96.7 Å². The van der Waals surface area contributed by atoms with Crippen LogP contribution in [0.5, 0.6) is 5.75 Å². The van der Waals surface area contributed by atoms with Gasteiger partial charge in [-0.2, -0.15) is 5.10 Å². The summed E-state index contributed by atoms with van der Waals surface area (Å²) in [6, 6.07) is 0. The van der Waals surface area contributed by atoms with Crippen LogP contribution in [0.15, 0.2) is 17.9 Å². The number of rotatable bonds is 4. The van der Waals surface area contributed by atoms with Gasteiger partial charge in [-0.1, -0.05) is 0 Å². The molecule has 84 valence electrons. The average Bonchev–Trinajstić information content (AvgIpc) is 2.96. The first-order valence-electron chi connectivity index (χ1n) is 4.81. The molecule has 0 aliphatic heterocycles. The highest BCUT2D eigenvalue weighted by Crippen LogP contribution is 2.22. The number of carbonyl (C=O) groups is 1. The number of thiazole rings is 1. The predicted molar refractivity (Wildman–Crippen MR) is 60.0 cm³/mol. The van der Waals surface area contributed by atoms with Gasteiger partial charge < -0.3 is 4.74 Å². The Morgan fingerprint density at radius 3 is 2.94 bits per heavy atom. The monoisotopic (exact) mass is 237 g/mol. The van der Waals surface area contributed by atoms with Crippen molar-refractivity contribution in [3.63, 3.8) is 0 Å². The molecule has 0 N–H and O–H groups in total. The molecule has 2 rings (SSSR count). The molecular formula is C10H11N3O2S. The fourth-order valence-corrected chi connectivity index (χ4v) is 1.99. The second-order valence-corrected chi connectivity index (χ2v) is 3.96. The minimum Gasteiger partial charge on any atom is -0.493 e. The van der Waals surface area contributed by atoms with Gasteiger partial charge in [-0.3, -0.25) is 14.5 Å². The molecule has 0 spiro atoms. The lowest BCUT2D eigenvalue weighted by Gasteiger charge is -2.04. The van der Waals surface area contributed by atoms with Crippen LogP contribution in [0.25, 0.3) is 0 Å². The molecule has 2 heterocycles. The van der Waals surface area contributed by atoms with Gasteiger partial charge >= 0.3 is 0 Å². The van der Waals surface area contributed by atoms with Gasteiger partial charge in [0.25, 0.3) is 0 Å². The fourth-order valence-electron chi connectivity index (χ4n) is 1.43. The van der Waals surface area contributed by atoms with Crippen molar-refractivity contribution in [2.24, 2.45) is 0 Å². The minimum atomic E-state index is -0.0984. The summed E-state index contributed by atoms with van der Waals surface area (Å²) in [5, 5.41) is 4.09. The summed E-state index contributed by atoms with van der Waals surface area (Å²) in [5.74, 6) is 0.402. The largest absolute Gasteiger partial charge is 0.493 e. The van der Waals surface area contributed by atoms with Crippen LogP contribution in [0.4, 0.5) is 0 Å². The minimum absolute atomic E-state index is 0.0984. The lowest BCUT2D eigenvalue weighted by Crippen LogP contribution is -2.10. The highest BCUT2D eigenvalue weighted by atomic mass is 32.1. The SMILES string of the molecule is CCn1ncc(OC)c1C(=O)c1cncs1. The van der Waals surface area contributed by atoms with E-state index in [1.54, 1.807) is 22.6 Å². The van der Waals surface area contributed by atoms with E-state index in [4.69, 9.17) is 4.74 Å². The van der Waals surface area contributed by atoms with E-state index in [9.17, 15) is 4.79 Å². The van der Waals surface area contributed by atoms with E-state index in [-0.39, 0.29) is 5.78 Å². The maximum absolute atomic E-state index is 12.2. The molecule has 0 aliphatic rings. The maximum Gasteiger partial charge on any atom is 0.226 e. The van der Waals surface area contributed by atoms with Crippen LogP contribution in [0, 0.1) is 0 Å². The van der Waals surface area contributed by atoms with Crippen LogP contribution >= 0.6 is 11.3 Å². The number of aryl methyl sites for hydroxylation is 1. The molecule has 0 saturated carbocycles. The van der Waals surface area contributed by atoms with E-state index in [0.29, 0.717) is 22.9 Å². The molecule has 0 amide bonds. The van der Waals surface area contributed by atoms with Crippen molar-refractivity contribution < 1.29 is 9.53 Å². The van der Waals surface area contributed by atoms with Crippen LogP contribution in [0.3, 0.4) is 0 Å². The molecule has 0 fully saturated rings. The molecule has 0 bridgehead atoms. The summed E-state index contributed by atoms with van der Waals surface area (Å²) in [7, 11) is 1.53. The smallest absolute Gasteiger partial charge is 0.226 e. The van der Waals surface area contributed by atoms with E-state index < -0.39 is 0 Å². The van der Waals surface area contributed by atoms with Gasteiger partial charge in [0, 0.05) is 12.7 Å². The highest BCUT2D eigenvalue weighted by molar-refractivity contribution is 7.11. The first kappa shape index (κ1) is 10.8. The predicted octanol–water partition coefficient (Wildman–Crippen LogP) is 1.60. The summed E-state index contributed by atoms with van der Waals surface area (Å²) in [5.41, 5.74) is 2.11. The summed E-state index contributed by atoms with van der Waals surface area (Å²) in [6.45, 7) is 2.55. The molecular weight excluding hydrogens is 226 g/mol. The van der Waals surface area contributed by atoms with Crippen LogP contribution in [0.2, 0.25) is 0 Å². The van der Waals surface area contributed by atoms with E-state index >= 15 is 0 Å². The van der Waals surface area contributed by atoms with Gasteiger partial charge in [0.2, 0.25) is 5.78 Å². The number of carbonyl (C=O) groups excluding carboxylic acids is 1. The van der Waals surface area contributed by atoms with Crippen molar-refractivity contribution >= 4 is 17.1 Å². The van der Waals surface area contributed by atoms with Crippen LogP contribution in [-0.2, 0) is 6.54 Å². The van der Waals surface area contributed by atoms with Gasteiger partial charge in [-0.25, -0.2) is 0 Å². The third-order valence-electron chi connectivity index (χ3n) is 2.20. The molecule has 0 aliphatic carbocycles. The molecule has 0 aromatic carbocycles. The number of aromatic nitrogens is 3. The quantitative estimate of drug-likeness (QED) is 0.758. The number of hydrogen-bond acceptors (Lipinski definition) is 5. The first-order valence-corrected chi connectivity index (χ1v) is 5.68. The molecule has 16 heavy (non-hydrogen) atoms. The van der Waals surface area contributed by atoms with E-state index in [1.807, 2.05) is 6.92 Å². The summed E-state index contributed by atoms with van der Waals surface area (Å²) < 4.78 is 6.75. The van der Waals surface area contributed by atoms with Crippen molar-refractivity contribution in [3.8, 4) is 5.75 Å². The van der Waals surface area contributed by atoms with Gasteiger partial charge in [-0.15, -0.1) is 11.3 Å². The van der Waals surface area contributed by atoms with Crippen molar-refractivity contribution in [1.82, 2.24) is 14.8 Å². The first-order chi connectivity index (χ1) is 7.77. The number of methoxy groups -OCH3 is 1. The van der Waals surface area contributed by atoms with E-state index in [1.165, 1.54) is 18.4 Å². The Morgan fingerprint density at radius 2 is 2.38 bits per heavy atom. The topological polar surface area (TPSA) is 57.0 Å². The Bertz CT molecular complexity index is 469. The van der Waals surface area contributed by atoms with Crippen LogP contribution in [0.1, 0.15) is 22.3 Å². The molecule has 0 saturated heterocycles. The van der Waals surface area contributed by atoms with Crippen molar-refractivity contribution in [2.45, 2.75) is 13.5 Å². The third-order valence-corrected chi connectivity index (χ3v) is 2.97. The molecule has 0 unspecified atom stereocenters. The Kier molecular flexibility index (Phi) is 3.00. The molecule has 0 atom stereocenters. The maximum atomic E-state index is 12.2. The lowest BCUT2D eigenvalue weighted by molar-refractivity contribution is 0.102. The number of ketones is 1. The highest BCUT2D eigenvalue weighted by Gasteiger charge is 2.21. The number of nitrogens with zero attached hydrogens (tertiary/aromatic N) is 3. The Hall–Kier alpha value is -1.69. The Balaban J connectivity index is 2.46. The fraction of sp³-hybridized carbons (Fsp3) is 0.300. The van der Waals surface area contributed by atoms with Crippen molar-refractivity contribution in [3.05, 3.63) is 28.5 Å². The second kappa shape index (κ2) is 4.44. The van der Waals surface area contributed by atoms with Crippen LogP contribution in [-0.4, -0.2) is 27.7 Å². The standard InChI is InChI=1S/C10H11N3O2S/c1-3-13-9(7(15-2)4-12-13)10(14)8-5-11-6-16-8/h4-6H,3H2,1-2H3. The Morgan fingerprint density at radius 1 is 1.56 bits per heavy atom. The van der Waals surface area contributed by atoms with Crippen molar-refractivity contribution in [1.29, 1.82) is 0 Å². The average molecular weight is 237 g/mol. The van der Waals surface area contributed by atoms with Gasteiger partial charge in [-0.05, 0) is 6.92 Å². The van der Waals surface area contributed by atoms with Gasteiger partial charge in [0.1, 0.15) is 0 Å². The van der Waals surface area contributed by atoms with Gasteiger partial charge in [0.15, 0.2) is 11.4 Å². The molecule has 0 radical (unpaired) electrons. The van der Waals surface area contributed by atoms with Gasteiger partial charge in [0.05, 0.1) is 23.7 Å². The molecule has 2 aromatic rings. The molecule has 2 aromatic heterocycles. The summed E-state index contributed by atoms with van der Waals surface area (Å²) in [4.78, 5) is 16.6. The van der Waals surface area contributed by atoms with E-state index in [2.05, 4.69) is 10.1 Å². The lowest BCUT2D eigenvalue weighted by atomic mass is 10.2. The summed E-state index contributed by atoms with van der Waals surface area (Å²) >= 11 is 1.31. The zero-order valence-electron chi connectivity index (χ0n) is 9.01. The number of ether oxygens (including phenoxy) is 1. The molecule has 5 nitrogen and oxygen atoms in total. The summed E-state index contributed by atoms with van der Waals surface area (Å²) in [6.07, 6.45) is 3.11. The zero-order valence-corrected chi connectivity index (χ0v) is 9.82. The molecule has 6 heteroatoms. The van der Waals surface area contributed by atoms with E-state index in [0.717, 1.165) is 0 Å². The zero-order chi connectivity index (χ0) is 11.5.